The molecule has 0 aliphatic heterocycles. The highest BCUT2D eigenvalue weighted by Crippen LogP contribution is 2.35. The van der Waals surface area contributed by atoms with Gasteiger partial charge >= 0.3 is 0 Å². The zero-order valence-corrected chi connectivity index (χ0v) is 17.4. The highest BCUT2D eigenvalue weighted by molar-refractivity contribution is 7.64. The van der Waals surface area contributed by atoms with Crippen molar-refractivity contribution in [3.63, 3.8) is 0 Å². The summed E-state index contributed by atoms with van der Waals surface area (Å²) in [6.07, 6.45) is 8.08. The fourth-order valence-corrected chi connectivity index (χ4v) is 5.01. The van der Waals surface area contributed by atoms with E-state index in [9.17, 15) is 9.36 Å². The van der Waals surface area contributed by atoms with Gasteiger partial charge in [-0.2, -0.15) is 0 Å². The van der Waals surface area contributed by atoms with Gasteiger partial charge in [-0.3, -0.25) is 4.79 Å². The van der Waals surface area contributed by atoms with Crippen LogP contribution >= 0.6 is 31.0 Å². The fraction of sp³-hybridized carbons (Fsp3) is 0.381. The Balaban J connectivity index is 1.59. The molecule has 0 aliphatic rings. The molecule has 0 amide bonds. The van der Waals surface area contributed by atoms with Gasteiger partial charge in [0.1, 0.15) is 7.80 Å². The van der Waals surface area contributed by atoms with E-state index in [-0.39, 0.29) is 15.6 Å². The van der Waals surface area contributed by atoms with Gasteiger partial charge in [0.15, 0.2) is 0 Å². The molecule has 0 fully saturated rings. The van der Waals surface area contributed by atoms with Crippen molar-refractivity contribution in [3.05, 3.63) is 69.7 Å². The van der Waals surface area contributed by atoms with Gasteiger partial charge in [0, 0.05) is 6.16 Å². The van der Waals surface area contributed by atoms with Crippen LogP contribution < -0.4 is 0 Å². The Kier molecular flexibility index (Phi) is 9.46. The summed E-state index contributed by atoms with van der Waals surface area (Å²) in [4.78, 5) is 12.3. The molecule has 0 saturated heterocycles. The van der Waals surface area contributed by atoms with Crippen molar-refractivity contribution in [2.75, 3.05) is 6.16 Å². The topological polar surface area (TPSA) is 34.1 Å². The summed E-state index contributed by atoms with van der Waals surface area (Å²) in [5.74, 6) is 0. The van der Waals surface area contributed by atoms with Crippen LogP contribution in [0, 0.1) is 0 Å². The number of rotatable bonds is 11. The fourth-order valence-electron chi connectivity index (χ4n) is 2.93. The van der Waals surface area contributed by atoms with Crippen molar-refractivity contribution in [3.8, 4) is 0 Å². The largest absolute Gasteiger partial charge is 0.318 e. The lowest BCUT2D eigenvalue weighted by atomic mass is 10.1. The first kappa shape index (κ1) is 21.2. The molecule has 26 heavy (non-hydrogen) atoms. The van der Waals surface area contributed by atoms with Crippen LogP contribution in [0.15, 0.2) is 48.5 Å². The van der Waals surface area contributed by atoms with Gasteiger partial charge < -0.3 is 4.57 Å². The molecule has 2 aromatic rings. The van der Waals surface area contributed by atoms with E-state index in [1.807, 2.05) is 6.07 Å². The number of hydrogen-bond donors (Lipinski definition) is 0. The second-order valence-corrected chi connectivity index (χ2v) is 9.07. The third kappa shape index (κ3) is 6.91. The van der Waals surface area contributed by atoms with Gasteiger partial charge in [-0.25, -0.2) is 0 Å². The number of aryl methyl sites for hydroxylation is 1. The summed E-state index contributed by atoms with van der Waals surface area (Å²) in [6, 6.07) is 15.4. The van der Waals surface area contributed by atoms with Crippen LogP contribution in [0.25, 0.3) is 0 Å². The summed E-state index contributed by atoms with van der Waals surface area (Å²) in [7, 11) is -2.35. The summed E-state index contributed by atoms with van der Waals surface area (Å²) < 4.78 is 12.3. The molecule has 2 nitrogen and oxygen atoms in total. The van der Waals surface area contributed by atoms with E-state index in [1.165, 1.54) is 24.8 Å². The SMILES string of the molecule is O=C(c1c(Cl)cccc1Cl)[PH](=O)CCCCCCCCc1ccccc1. The van der Waals surface area contributed by atoms with E-state index >= 15 is 0 Å². The minimum atomic E-state index is -2.35. The van der Waals surface area contributed by atoms with Gasteiger partial charge in [0.05, 0.1) is 15.6 Å². The lowest BCUT2D eigenvalue weighted by molar-refractivity contribution is 0.107. The van der Waals surface area contributed by atoms with Crippen LogP contribution in [0.1, 0.15) is 54.4 Å². The van der Waals surface area contributed by atoms with E-state index in [4.69, 9.17) is 23.2 Å². The van der Waals surface area contributed by atoms with Crippen molar-refractivity contribution >= 4 is 36.5 Å². The normalized spacial score (nSPS) is 12.1. The predicted molar refractivity (Wildman–Crippen MR) is 113 cm³/mol. The molecule has 140 valence electrons. The smallest absolute Gasteiger partial charge is 0.221 e. The Morgan fingerprint density at radius 3 is 2.00 bits per heavy atom. The van der Waals surface area contributed by atoms with Crippen molar-refractivity contribution in [2.45, 2.75) is 44.9 Å². The van der Waals surface area contributed by atoms with Crippen LogP contribution in [0.2, 0.25) is 10.0 Å². The molecular weight excluding hydrogens is 386 g/mol. The molecular formula is C21H25Cl2O2P. The summed E-state index contributed by atoms with van der Waals surface area (Å²) in [5, 5.41) is 0.554. The van der Waals surface area contributed by atoms with Crippen LogP contribution in [-0.4, -0.2) is 11.7 Å². The predicted octanol–water partition coefficient (Wildman–Crippen LogP) is 7.28. The summed E-state index contributed by atoms with van der Waals surface area (Å²) in [5.41, 5.74) is 1.21. The molecule has 0 heterocycles. The van der Waals surface area contributed by atoms with Crippen molar-refractivity contribution in [2.24, 2.45) is 0 Å². The highest BCUT2D eigenvalue weighted by Gasteiger charge is 2.19. The second-order valence-electron chi connectivity index (χ2n) is 6.46. The van der Waals surface area contributed by atoms with Crippen LogP contribution in [0.3, 0.4) is 0 Å². The lowest BCUT2D eigenvalue weighted by Crippen LogP contribution is -1.98. The van der Waals surface area contributed by atoms with Crippen LogP contribution in [0.5, 0.6) is 0 Å². The molecule has 0 bridgehead atoms. The number of benzene rings is 2. The average molecular weight is 411 g/mol. The molecule has 5 heteroatoms. The monoisotopic (exact) mass is 410 g/mol. The number of carbonyl (C=O) groups is 1. The first-order valence-electron chi connectivity index (χ1n) is 9.15. The number of carbonyl (C=O) groups excluding carboxylic acids is 1. The Labute approximate surface area is 166 Å². The molecule has 0 saturated carbocycles. The number of hydrogen-bond acceptors (Lipinski definition) is 2. The molecule has 1 atom stereocenters. The molecule has 0 aromatic heterocycles. The quantitative estimate of drug-likeness (QED) is 0.288. The molecule has 2 aromatic carbocycles. The molecule has 0 radical (unpaired) electrons. The van der Waals surface area contributed by atoms with E-state index < -0.39 is 13.3 Å². The highest BCUT2D eigenvalue weighted by atomic mass is 35.5. The number of unbranched alkanes of at least 4 members (excludes halogenated alkanes) is 5. The number of halogens is 2. The minimum Gasteiger partial charge on any atom is -0.318 e. The summed E-state index contributed by atoms with van der Waals surface area (Å²) in [6.45, 7) is 0. The minimum absolute atomic E-state index is 0.209. The summed E-state index contributed by atoms with van der Waals surface area (Å²) >= 11 is 12.0. The zero-order valence-electron chi connectivity index (χ0n) is 14.8. The zero-order chi connectivity index (χ0) is 18.8. The molecule has 0 aliphatic carbocycles. The van der Waals surface area contributed by atoms with Crippen LogP contribution in [0.4, 0.5) is 0 Å². The first-order chi connectivity index (χ1) is 12.6. The average Bonchev–Trinajstić information content (AvgIpc) is 2.64. The maximum atomic E-state index is 12.3. The standard InChI is InChI=1S/C21H25Cl2O2P/c22-18-14-10-15-19(23)20(18)21(24)26(25)16-9-4-2-1-3-6-11-17-12-7-5-8-13-17/h5,7-8,10,12-15,26H,1-4,6,9,11,16H2. The van der Waals surface area contributed by atoms with Crippen molar-refractivity contribution in [1.29, 1.82) is 0 Å². The lowest BCUT2D eigenvalue weighted by Gasteiger charge is -2.06. The van der Waals surface area contributed by atoms with E-state index in [2.05, 4.69) is 24.3 Å². The third-order valence-electron chi connectivity index (χ3n) is 4.41. The van der Waals surface area contributed by atoms with Crippen molar-refractivity contribution in [1.82, 2.24) is 0 Å². The molecule has 1 unspecified atom stereocenters. The molecule has 2 rings (SSSR count). The van der Waals surface area contributed by atoms with Gasteiger partial charge in [-0.05, 0) is 37.0 Å². The third-order valence-corrected chi connectivity index (χ3v) is 6.60. The van der Waals surface area contributed by atoms with Crippen LogP contribution in [-0.2, 0) is 11.0 Å². The van der Waals surface area contributed by atoms with Gasteiger partial charge in [0.2, 0.25) is 5.52 Å². The van der Waals surface area contributed by atoms with Gasteiger partial charge in [0.25, 0.3) is 0 Å². The van der Waals surface area contributed by atoms with Gasteiger partial charge in [-0.15, -0.1) is 0 Å². The maximum Gasteiger partial charge on any atom is 0.221 e. The Bertz CT molecular complexity index is 712. The van der Waals surface area contributed by atoms with Crippen molar-refractivity contribution < 1.29 is 9.36 Å². The van der Waals surface area contributed by atoms with E-state index in [0.717, 1.165) is 25.7 Å². The Hall–Kier alpha value is -1.08. The molecule has 0 spiro atoms. The molecule has 0 N–H and O–H groups in total. The second kappa shape index (κ2) is 11.6. The van der Waals surface area contributed by atoms with E-state index in [0.29, 0.717) is 6.16 Å². The Morgan fingerprint density at radius 2 is 1.35 bits per heavy atom. The Morgan fingerprint density at radius 1 is 0.769 bits per heavy atom. The first-order valence-corrected chi connectivity index (χ1v) is 11.5. The maximum absolute atomic E-state index is 12.3. The van der Waals surface area contributed by atoms with E-state index in [1.54, 1.807) is 18.2 Å². The van der Waals surface area contributed by atoms with Gasteiger partial charge in [-0.1, -0.05) is 85.3 Å².